The van der Waals surface area contributed by atoms with Gasteiger partial charge in [-0.25, -0.2) is 0 Å². The molecule has 1 saturated carbocycles. The number of ether oxygens (including phenoxy) is 2. The zero-order chi connectivity index (χ0) is 12.5. The summed E-state index contributed by atoms with van der Waals surface area (Å²) in [6, 6.07) is 0. The second-order valence-corrected chi connectivity index (χ2v) is 5.70. The Morgan fingerprint density at radius 1 is 1.47 bits per heavy atom. The van der Waals surface area contributed by atoms with Crippen molar-refractivity contribution in [1.29, 1.82) is 0 Å². The molecule has 17 heavy (non-hydrogen) atoms. The van der Waals surface area contributed by atoms with Crippen LogP contribution >= 0.6 is 0 Å². The van der Waals surface area contributed by atoms with E-state index in [4.69, 9.17) is 9.47 Å². The Bertz CT molecular complexity index is 286. The lowest BCUT2D eigenvalue weighted by atomic mass is 10.0. The van der Waals surface area contributed by atoms with E-state index >= 15 is 0 Å². The molecule has 3 atom stereocenters. The molecule has 0 aromatic carbocycles. The van der Waals surface area contributed by atoms with Gasteiger partial charge in [-0.15, -0.1) is 0 Å². The van der Waals surface area contributed by atoms with Crippen molar-refractivity contribution in [1.82, 2.24) is 5.32 Å². The van der Waals surface area contributed by atoms with Gasteiger partial charge in [0.15, 0.2) is 5.79 Å². The summed E-state index contributed by atoms with van der Waals surface area (Å²) < 4.78 is 11.1. The van der Waals surface area contributed by atoms with Gasteiger partial charge in [-0.1, -0.05) is 13.8 Å². The van der Waals surface area contributed by atoms with Crippen molar-refractivity contribution >= 4 is 5.91 Å². The Hall–Kier alpha value is -0.610. The first-order valence-electron chi connectivity index (χ1n) is 6.56. The first kappa shape index (κ1) is 12.8. The molecular formula is C13H23NO3. The van der Waals surface area contributed by atoms with Gasteiger partial charge in [-0.2, -0.15) is 0 Å². The smallest absolute Gasteiger partial charge is 0.223 e. The summed E-state index contributed by atoms with van der Waals surface area (Å²) in [4.78, 5) is 11.7. The first-order chi connectivity index (χ1) is 8.00. The van der Waals surface area contributed by atoms with Crippen LogP contribution in [0.3, 0.4) is 0 Å². The van der Waals surface area contributed by atoms with Gasteiger partial charge in [-0.05, 0) is 25.2 Å². The quantitative estimate of drug-likeness (QED) is 0.794. The highest BCUT2D eigenvalue weighted by Crippen LogP contribution is 2.37. The van der Waals surface area contributed by atoms with Crippen molar-refractivity contribution in [2.75, 3.05) is 19.8 Å². The van der Waals surface area contributed by atoms with E-state index in [2.05, 4.69) is 19.2 Å². The third-order valence-electron chi connectivity index (χ3n) is 3.69. The summed E-state index contributed by atoms with van der Waals surface area (Å²) in [5.41, 5.74) is 0. The van der Waals surface area contributed by atoms with Gasteiger partial charge in [0.1, 0.15) is 0 Å². The summed E-state index contributed by atoms with van der Waals surface area (Å²) in [6.07, 6.45) is 1.87. The molecule has 2 fully saturated rings. The predicted molar refractivity (Wildman–Crippen MR) is 64.4 cm³/mol. The molecule has 2 rings (SSSR count). The van der Waals surface area contributed by atoms with Crippen molar-refractivity contribution in [3.05, 3.63) is 0 Å². The molecule has 0 radical (unpaired) electrons. The molecule has 98 valence electrons. The van der Waals surface area contributed by atoms with Gasteiger partial charge in [0.05, 0.1) is 13.2 Å². The van der Waals surface area contributed by atoms with E-state index in [0.29, 0.717) is 31.6 Å². The van der Waals surface area contributed by atoms with Crippen LogP contribution < -0.4 is 5.32 Å². The maximum absolute atomic E-state index is 11.7. The van der Waals surface area contributed by atoms with Crippen LogP contribution in [-0.4, -0.2) is 31.5 Å². The fraction of sp³-hybridized carbons (Fsp3) is 0.923. The van der Waals surface area contributed by atoms with Gasteiger partial charge >= 0.3 is 0 Å². The topological polar surface area (TPSA) is 47.6 Å². The minimum absolute atomic E-state index is 0.211. The lowest BCUT2D eigenvalue weighted by Crippen LogP contribution is -2.35. The van der Waals surface area contributed by atoms with E-state index < -0.39 is 5.79 Å². The minimum Gasteiger partial charge on any atom is -0.356 e. The molecule has 1 aliphatic heterocycles. The van der Waals surface area contributed by atoms with E-state index in [1.54, 1.807) is 0 Å². The van der Waals surface area contributed by atoms with Crippen LogP contribution in [0.2, 0.25) is 0 Å². The second-order valence-electron chi connectivity index (χ2n) is 5.70. The maximum Gasteiger partial charge on any atom is 0.223 e. The van der Waals surface area contributed by atoms with Gasteiger partial charge in [0, 0.05) is 18.9 Å². The SMILES string of the molecule is CC(CNC(=O)C1CC1C)CC1(C)OCCO1. The number of hydrogen-bond acceptors (Lipinski definition) is 3. The monoisotopic (exact) mass is 241 g/mol. The van der Waals surface area contributed by atoms with Crippen molar-refractivity contribution in [3.8, 4) is 0 Å². The Balaban J connectivity index is 1.66. The number of rotatable bonds is 5. The zero-order valence-electron chi connectivity index (χ0n) is 11.0. The molecule has 1 N–H and O–H groups in total. The van der Waals surface area contributed by atoms with Gasteiger partial charge < -0.3 is 14.8 Å². The summed E-state index contributed by atoms with van der Waals surface area (Å²) >= 11 is 0. The Morgan fingerprint density at radius 2 is 2.06 bits per heavy atom. The number of nitrogens with one attached hydrogen (secondary N) is 1. The molecule has 1 amide bonds. The van der Waals surface area contributed by atoms with Gasteiger partial charge in [0.25, 0.3) is 0 Å². The number of carbonyl (C=O) groups excluding carboxylic acids is 1. The van der Waals surface area contributed by atoms with Crippen LogP contribution in [0.5, 0.6) is 0 Å². The number of hydrogen-bond donors (Lipinski definition) is 1. The highest BCUT2D eigenvalue weighted by atomic mass is 16.7. The predicted octanol–water partition coefficient (Wildman–Crippen LogP) is 1.55. The molecule has 0 aromatic rings. The Morgan fingerprint density at radius 3 is 2.59 bits per heavy atom. The number of amides is 1. The van der Waals surface area contributed by atoms with Crippen molar-refractivity contribution in [2.24, 2.45) is 17.8 Å². The summed E-state index contributed by atoms with van der Waals surface area (Å²) in [7, 11) is 0. The molecule has 1 aliphatic carbocycles. The average molecular weight is 241 g/mol. The zero-order valence-corrected chi connectivity index (χ0v) is 11.0. The van der Waals surface area contributed by atoms with Crippen LogP contribution in [-0.2, 0) is 14.3 Å². The molecule has 4 nitrogen and oxygen atoms in total. The van der Waals surface area contributed by atoms with Crippen molar-refractivity contribution in [2.45, 2.75) is 39.4 Å². The summed E-state index contributed by atoms with van der Waals surface area (Å²) in [5.74, 6) is 0.969. The standard InChI is InChI=1S/C13H23NO3/c1-9(7-13(3)16-4-5-17-13)8-14-12(15)11-6-10(11)2/h9-11H,4-8H2,1-3H3,(H,14,15). The fourth-order valence-electron chi connectivity index (χ4n) is 2.47. The van der Waals surface area contributed by atoms with E-state index in [9.17, 15) is 4.79 Å². The third kappa shape index (κ3) is 3.42. The van der Waals surface area contributed by atoms with E-state index in [1.165, 1.54) is 0 Å². The molecule has 4 heteroatoms. The molecule has 2 aliphatic rings. The van der Waals surface area contributed by atoms with Crippen LogP contribution in [0.25, 0.3) is 0 Å². The van der Waals surface area contributed by atoms with Gasteiger partial charge in [0.2, 0.25) is 5.91 Å². The van der Waals surface area contributed by atoms with Crippen LogP contribution in [0.15, 0.2) is 0 Å². The van der Waals surface area contributed by atoms with Gasteiger partial charge in [-0.3, -0.25) is 4.79 Å². The molecule has 0 spiro atoms. The second kappa shape index (κ2) is 4.94. The molecule has 0 aromatic heterocycles. The highest BCUT2D eigenvalue weighted by Gasteiger charge is 2.39. The van der Waals surface area contributed by atoms with E-state index in [0.717, 1.165) is 12.8 Å². The van der Waals surface area contributed by atoms with Crippen molar-refractivity contribution < 1.29 is 14.3 Å². The number of carbonyl (C=O) groups is 1. The minimum atomic E-state index is -0.447. The van der Waals surface area contributed by atoms with E-state index in [1.807, 2.05) is 6.92 Å². The summed E-state index contributed by atoms with van der Waals surface area (Å²) in [5, 5.41) is 3.02. The lowest BCUT2D eigenvalue weighted by molar-refractivity contribution is -0.154. The molecule has 0 bridgehead atoms. The first-order valence-corrected chi connectivity index (χ1v) is 6.56. The lowest BCUT2D eigenvalue weighted by Gasteiger charge is -2.26. The third-order valence-corrected chi connectivity index (χ3v) is 3.69. The largest absolute Gasteiger partial charge is 0.356 e. The van der Waals surface area contributed by atoms with E-state index in [-0.39, 0.29) is 11.8 Å². The molecule has 1 heterocycles. The molecule has 1 saturated heterocycles. The molecule has 3 unspecified atom stereocenters. The van der Waals surface area contributed by atoms with Crippen LogP contribution in [0.1, 0.15) is 33.6 Å². The van der Waals surface area contributed by atoms with Crippen LogP contribution in [0.4, 0.5) is 0 Å². The van der Waals surface area contributed by atoms with Crippen LogP contribution in [0, 0.1) is 17.8 Å². The summed E-state index contributed by atoms with van der Waals surface area (Å²) in [6.45, 7) is 8.28. The Labute approximate surface area is 103 Å². The Kier molecular flexibility index (Phi) is 3.73. The molecular weight excluding hydrogens is 218 g/mol. The normalized spacial score (nSPS) is 32.2. The highest BCUT2D eigenvalue weighted by molar-refractivity contribution is 5.81. The maximum atomic E-state index is 11.7. The van der Waals surface area contributed by atoms with Crippen molar-refractivity contribution in [3.63, 3.8) is 0 Å². The average Bonchev–Trinajstić information content (AvgIpc) is 2.84. The fourth-order valence-corrected chi connectivity index (χ4v) is 2.47.